The standard InChI is InChI=1S/C25H36N2O3/c1-29-22-11-6-10-21(24(22)30-2)17-26-14-7-12-25(18-26)13-15-27(19-25)23(28)16-20-8-4-3-5-9-20/h6,8,10-11H,3-5,7,9,12-19H2,1-2H3. The summed E-state index contributed by atoms with van der Waals surface area (Å²) in [6, 6.07) is 6.11. The molecule has 4 rings (SSSR count). The van der Waals surface area contributed by atoms with E-state index >= 15 is 0 Å². The van der Waals surface area contributed by atoms with Crippen LogP contribution in [0.15, 0.2) is 29.8 Å². The van der Waals surface area contributed by atoms with Gasteiger partial charge in [0.15, 0.2) is 11.5 Å². The molecular formula is C25H36N2O3. The molecule has 0 aromatic heterocycles. The van der Waals surface area contributed by atoms with Crippen LogP contribution in [0, 0.1) is 5.41 Å². The van der Waals surface area contributed by atoms with Crippen molar-refractivity contribution in [2.45, 2.75) is 57.9 Å². The maximum Gasteiger partial charge on any atom is 0.226 e. The third-order valence-corrected chi connectivity index (χ3v) is 7.17. The lowest BCUT2D eigenvalue weighted by atomic mass is 9.79. The van der Waals surface area contributed by atoms with Crippen molar-refractivity contribution in [3.8, 4) is 11.5 Å². The number of rotatable bonds is 6. The van der Waals surface area contributed by atoms with Gasteiger partial charge in [0.2, 0.25) is 5.91 Å². The van der Waals surface area contributed by atoms with Gasteiger partial charge in [-0.05, 0) is 57.6 Å². The minimum Gasteiger partial charge on any atom is -0.493 e. The van der Waals surface area contributed by atoms with Crippen molar-refractivity contribution in [3.63, 3.8) is 0 Å². The van der Waals surface area contributed by atoms with Crippen molar-refractivity contribution < 1.29 is 14.3 Å². The van der Waals surface area contributed by atoms with Crippen LogP contribution >= 0.6 is 0 Å². The van der Waals surface area contributed by atoms with Gasteiger partial charge in [0.1, 0.15) is 0 Å². The van der Waals surface area contributed by atoms with Gasteiger partial charge < -0.3 is 14.4 Å². The summed E-state index contributed by atoms with van der Waals surface area (Å²) in [7, 11) is 3.40. The first-order valence-electron chi connectivity index (χ1n) is 11.5. The van der Waals surface area contributed by atoms with Crippen molar-refractivity contribution >= 4 is 5.91 Å². The van der Waals surface area contributed by atoms with E-state index in [0.29, 0.717) is 12.3 Å². The molecule has 164 valence electrons. The molecule has 0 saturated carbocycles. The van der Waals surface area contributed by atoms with Gasteiger partial charge in [0, 0.05) is 43.6 Å². The number of methoxy groups -OCH3 is 2. The number of amides is 1. The Hall–Kier alpha value is -2.01. The van der Waals surface area contributed by atoms with Crippen LogP contribution in [-0.4, -0.2) is 56.1 Å². The van der Waals surface area contributed by atoms with Crippen molar-refractivity contribution in [3.05, 3.63) is 35.4 Å². The fourth-order valence-electron chi connectivity index (χ4n) is 5.62. The molecule has 0 radical (unpaired) electrons. The Morgan fingerprint density at radius 1 is 1.07 bits per heavy atom. The highest BCUT2D eigenvalue weighted by Crippen LogP contribution is 2.41. The zero-order valence-electron chi connectivity index (χ0n) is 18.6. The van der Waals surface area contributed by atoms with Crippen molar-refractivity contribution in [1.82, 2.24) is 9.80 Å². The number of carbonyl (C=O) groups is 1. The second-order valence-corrected chi connectivity index (χ2v) is 9.32. The second kappa shape index (κ2) is 9.42. The summed E-state index contributed by atoms with van der Waals surface area (Å²) in [5.74, 6) is 1.96. The van der Waals surface area contributed by atoms with Crippen LogP contribution in [0.5, 0.6) is 11.5 Å². The second-order valence-electron chi connectivity index (χ2n) is 9.32. The SMILES string of the molecule is COc1cccc(CN2CCCC3(CCN(C(=O)CC4=CCCCC4)C3)C2)c1OC. The molecule has 3 aliphatic rings. The first-order valence-corrected chi connectivity index (χ1v) is 11.5. The highest BCUT2D eigenvalue weighted by molar-refractivity contribution is 5.79. The molecule has 2 heterocycles. The van der Waals surface area contributed by atoms with Gasteiger partial charge in [-0.3, -0.25) is 9.69 Å². The predicted octanol–water partition coefficient (Wildman–Crippen LogP) is 4.41. The van der Waals surface area contributed by atoms with Gasteiger partial charge in [0.05, 0.1) is 14.2 Å². The fourth-order valence-corrected chi connectivity index (χ4v) is 5.62. The van der Waals surface area contributed by atoms with E-state index in [4.69, 9.17) is 9.47 Å². The Morgan fingerprint density at radius 3 is 2.73 bits per heavy atom. The molecule has 1 aromatic carbocycles. The Bertz CT molecular complexity index is 791. The maximum atomic E-state index is 12.9. The lowest BCUT2D eigenvalue weighted by Gasteiger charge is -2.40. The molecular weight excluding hydrogens is 376 g/mol. The normalized spacial score (nSPS) is 24.7. The van der Waals surface area contributed by atoms with Gasteiger partial charge in [-0.2, -0.15) is 0 Å². The van der Waals surface area contributed by atoms with Crippen LogP contribution in [0.1, 0.15) is 56.9 Å². The summed E-state index contributed by atoms with van der Waals surface area (Å²) in [5, 5.41) is 0. The summed E-state index contributed by atoms with van der Waals surface area (Å²) in [4.78, 5) is 17.6. The highest BCUT2D eigenvalue weighted by atomic mass is 16.5. The first kappa shape index (κ1) is 21.2. The van der Waals surface area contributed by atoms with Crippen LogP contribution in [0.4, 0.5) is 0 Å². The molecule has 1 spiro atoms. The molecule has 1 aromatic rings. The zero-order valence-corrected chi connectivity index (χ0v) is 18.6. The topological polar surface area (TPSA) is 42.0 Å². The molecule has 2 saturated heterocycles. The number of benzene rings is 1. The van der Waals surface area contributed by atoms with Crippen LogP contribution in [0.3, 0.4) is 0 Å². The molecule has 2 aliphatic heterocycles. The molecule has 5 heteroatoms. The van der Waals surface area contributed by atoms with Crippen molar-refractivity contribution in [1.29, 1.82) is 0 Å². The molecule has 1 atom stereocenters. The number of para-hydroxylation sites is 1. The minimum absolute atomic E-state index is 0.251. The smallest absolute Gasteiger partial charge is 0.226 e. The Labute approximate surface area is 181 Å². The summed E-state index contributed by atoms with van der Waals surface area (Å²) >= 11 is 0. The third-order valence-electron chi connectivity index (χ3n) is 7.17. The number of allylic oxidation sites excluding steroid dienone is 1. The molecule has 1 aliphatic carbocycles. The van der Waals surface area contributed by atoms with E-state index < -0.39 is 0 Å². The third kappa shape index (κ3) is 4.66. The van der Waals surface area contributed by atoms with Gasteiger partial charge in [-0.1, -0.05) is 23.8 Å². The van der Waals surface area contributed by atoms with Gasteiger partial charge >= 0.3 is 0 Å². The van der Waals surface area contributed by atoms with Gasteiger partial charge in [0.25, 0.3) is 0 Å². The quantitative estimate of drug-likeness (QED) is 0.649. The number of likely N-dealkylation sites (tertiary alicyclic amines) is 2. The van der Waals surface area contributed by atoms with E-state index in [1.165, 1.54) is 36.8 Å². The molecule has 5 nitrogen and oxygen atoms in total. The van der Waals surface area contributed by atoms with Crippen LogP contribution < -0.4 is 9.47 Å². The maximum absolute atomic E-state index is 12.9. The summed E-state index contributed by atoms with van der Waals surface area (Å²) in [6.45, 7) is 4.86. The van der Waals surface area contributed by atoms with E-state index in [9.17, 15) is 4.79 Å². The Kier molecular flexibility index (Phi) is 6.67. The van der Waals surface area contributed by atoms with Crippen LogP contribution in [0.25, 0.3) is 0 Å². The molecule has 0 N–H and O–H groups in total. The van der Waals surface area contributed by atoms with E-state index in [-0.39, 0.29) is 5.41 Å². The first-order chi connectivity index (χ1) is 14.6. The number of carbonyl (C=O) groups excluding carboxylic acids is 1. The van der Waals surface area contributed by atoms with E-state index in [0.717, 1.165) is 63.5 Å². The zero-order chi connectivity index (χ0) is 21.0. The number of hydrogen-bond donors (Lipinski definition) is 0. The van der Waals surface area contributed by atoms with Gasteiger partial charge in [-0.15, -0.1) is 0 Å². The van der Waals surface area contributed by atoms with E-state index in [2.05, 4.69) is 21.9 Å². The van der Waals surface area contributed by atoms with Crippen molar-refractivity contribution in [2.24, 2.45) is 5.41 Å². The van der Waals surface area contributed by atoms with Gasteiger partial charge in [-0.25, -0.2) is 0 Å². The van der Waals surface area contributed by atoms with E-state index in [1.807, 2.05) is 12.1 Å². The average Bonchev–Trinajstić information content (AvgIpc) is 3.17. The Balaban J connectivity index is 1.38. The minimum atomic E-state index is 0.251. The lowest BCUT2D eigenvalue weighted by molar-refractivity contribution is -0.130. The average molecular weight is 413 g/mol. The largest absolute Gasteiger partial charge is 0.493 e. The highest BCUT2D eigenvalue weighted by Gasteiger charge is 2.42. The number of ether oxygens (including phenoxy) is 2. The number of nitrogens with zero attached hydrogens (tertiary/aromatic N) is 2. The summed E-state index contributed by atoms with van der Waals surface area (Å²) < 4.78 is 11.1. The van der Waals surface area contributed by atoms with Crippen molar-refractivity contribution in [2.75, 3.05) is 40.4 Å². The molecule has 2 fully saturated rings. The molecule has 0 bridgehead atoms. The number of piperidine rings is 1. The van der Waals surface area contributed by atoms with E-state index in [1.54, 1.807) is 14.2 Å². The number of hydrogen-bond acceptors (Lipinski definition) is 4. The molecule has 1 amide bonds. The predicted molar refractivity (Wildman–Crippen MR) is 119 cm³/mol. The monoisotopic (exact) mass is 412 g/mol. The Morgan fingerprint density at radius 2 is 1.97 bits per heavy atom. The molecule has 30 heavy (non-hydrogen) atoms. The fraction of sp³-hybridized carbons (Fsp3) is 0.640. The summed E-state index contributed by atoms with van der Waals surface area (Å²) in [5.41, 5.74) is 2.78. The lowest BCUT2D eigenvalue weighted by Crippen LogP contribution is -2.45. The summed E-state index contributed by atoms with van der Waals surface area (Å²) in [6.07, 6.45) is 11.3. The molecule has 1 unspecified atom stereocenters. The van der Waals surface area contributed by atoms with Crippen LogP contribution in [0.2, 0.25) is 0 Å². The van der Waals surface area contributed by atoms with Crippen LogP contribution in [-0.2, 0) is 11.3 Å².